The van der Waals surface area contributed by atoms with E-state index in [1.165, 1.54) is 0 Å². The van der Waals surface area contributed by atoms with Crippen molar-refractivity contribution >= 4 is 11.9 Å². The molecule has 0 unspecified atom stereocenters. The minimum Gasteiger partial charge on any atom is -0.476 e. The van der Waals surface area contributed by atoms with Gasteiger partial charge in [0.2, 0.25) is 0 Å². The number of hydrogen-bond acceptors (Lipinski definition) is 5. The molecule has 0 spiro atoms. The molecule has 7 nitrogen and oxygen atoms in total. The predicted molar refractivity (Wildman–Crippen MR) is 73.9 cm³/mol. The summed E-state index contributed by atoms with van der Waals surface area (Å²) in [5.41, 5.74) is -0.378. The van der Waals surface area contributed by atoms with Crippen LogP contribution in [0, 0.1) is 5.41 Å². The molecule has 1 aliphatic carbocycles. The summed E-state index contributed by atoms with van der Waals surface area (Å²) in [6.45, 7) is 0.446. The van der Waals surface area contributed by atoms with Gasteiger partial charge in [-0.25, -0.2) is 14.8 Å². The Morgan fingerprint density at radius 1 is 1.14 bits per heavy atom. The molecule has 0 aromatic carbocycles. The van der Waals surface area contributed by atoms with Crippen molar-refractivity contribution in [3.8, 4) is 0 Å². The Kier molecular flexibility index (Phi) is 4.85. The summed E-state index contributed by atoms with van der Waals surface area (Å²) in [5.74, 6) is -1.59. The number of rotatable bonds is 5. The summed E-state index contributed by atoms with van der Waals surface area (Å²) in [7, 11) is 0. The van der Waals surface area contributed by atoms with Gasteiger partial charge >= 0.3 is 5.97 Å². The topological polar surface area (TPSA) is 112 Å². The summed E-state index contributed by atoms with van der Waals surface area (Å²) in [6.07, 6.45) is 7.27. The first kappa shape index (κ1) is 15.4. The molecule has 3 N–H and O–H groups in total. The summed E-state index contributed by atoms with van der Waals surface area (Å²) in [6, 6.07) is 0. The molecule has 0 aliphatic heterocycles. The normalized spacial score (nSPS) is 17.2. The maximum absolute atomic E-state index is 12.0. The highest BCUT2D eigenvalue weighted by atomic mass is 16.4. The van der Waals surface area contributed by atoms with Crippen LogP contribution in [-0.2, 0) is 0 Å². The number of carboxylic acid groups (broad SMARTS) is 1. The van der Waals surface area contributed by atoms with Gasteiger partial charge in [0.1, 0.15) is 5.69 Å². The van der Waals surface area contributed by atoms with E-state index in [9.17, 15) is 14.7 Å². The number of aromatic nitrogens is 2. The van der Waals surface area contributed by atoms with Crippen molar-refractivity contribution in [3.05, 3.63) is 23.8 Å². The van der Waals surface area contributed by atoms with Gasteiger partial charge in [-0.2, -0.15) is 0 Å². The van der Waals surface area contributed by atoms with Crippen LogP contribution in [-0.4, -0.2) is 45.2 Å². The van der Waals surface area contributed by atoms with Gasteiger partial charge in [-0.15, -0.1) is 0 Å². The number of nitrogens with zero attached hydrogens (tertiary/aromatic N) is 2. The van der Waals surface area contributed by atoms with Crippen LogP contribution in [0.4, 0.5) is 0 Å². The average Bonchev–Trinajstić information content (AvgIpc) is 2.53. The van der Waals surface area contributed by atoms with Gasteiger partial charge in [0.25, 0.3) is 5.91 Å². The third-order valence-corrected chi connectivity index (χ3v) is 3.98. The standard InChI is InChI=1S/C14H19N3O4/c18-9-14(4-2-1-3-5-14)8-17-12(19)10-6-16-11(7-15-10)13(20)21/h6-7,18H,1-5,8-9H2,(H,17,19)(H,20,21). The fourth-order valence-electron chi connectivity index (χ4n) is 2.61. The van der Waals surface area contributed by atoms with Crippen molar-refractivity contribution in [2.24, 2.45) is 5.41 Å². The summed E-state index contributed by atoms with van der Waals surface area (Å²) in [4.78, 5) is 30.1. The Labute approximate surface area is 122 Å². The third kappa shape index (κ3) is 3.75. The number of carbonyl (C=O) groups is 2. The number of aromatic carboxylic acids is 1. The molecule has 0 radical (unpaired) electrons. The van der Waals surface area contributed by atoms with Crippen LogP contribution >= 0.6 is 0 Å². The molecular weight excluding hydrogens is 274 g/mol. The number of nitrogens with one attached hydrogen (secondary N) is 1. The molecule has 2 rings (SSSR count). The van der Waals surface area contributed by atoms with E-state index in [-0.39, 0.29) is 23.4 Å². The van der Waals surface area contributed by atoms with Crippen LogP contribution in [0.1, 0.15) is 53.1 Å². The van der Waals surface area contributed by atoms with Crippen molar-refractivity contribution in [1.29, 1.82) is 0 Å². The van der Waals surface area contributed by atoms with Gasteiger partial charge in [-0.3, -0.25) is 4.79 Å². The molecule has 0 atom stereocenters. The van der Waals surface area contributed by atoms with Gasteiger partial charge in [0.15, 0.2) is 5.69 Å². The smallest absolute Gasteiger partial charge is 0.356 e. The predicted octanol–water partition coefficient (Wildman–Crippen LogP) is 0.847. The molecular formula is C14H19N3O4. The zero-order valence-corrected chi connectivity index (χ0v) is 11.7. The molecule has 21 heavy (non-hydrogen) atoms. The first-order valence-electron chi connectivity index (χ1n) is 7.01. The van der Waals surface area contributed by atoms with Crippen molar-refractivity contribution < 1.29 is 19.8 Å². The lowest BCUT2D eigenvalue weighted by Gasteiger charge is -2.35. The van der Waals surface area contributed by atoms with Gasteiger partial charge in [0, 0.05) is 12.0 Å². The van der Waals surface area contributed by atoms with Crippen LogP contribution in [0.15, 0.2) is 12.4 Å². The van der Waals surface area contributed by atoms with Gasteiger partial charge in [-0.1, -0.05) is 19.3 Å². The van der Waals surface area contributed by atoms with E-state index in [0.29, 0.717) is 6.54 Å². The zero-order chi connectivity index (χ0) is 15.3. The van der Waals surface area contributed by atoms with E-state index in [4.69, 9.17) is 5.11 Å². The van der Waals surface area contributed by atoms with E-state index in [2.05, 4.69) is 15.3 Å². The minimum atomic E-state index is -1.18. The quantitative estimate of drug-likeness (QED) is 0.742. The molecule has 114 valence electrons. The monoisotopic (exact) mass is 293 g/mol. The number of aliphatic hydroxyl groups is 1. The molecule has 1 aromatic rings. The highest BCUT2D eigenvalue weighted by Gasteiger charge is 2.31. The highest BCUT2D eigenvalue weighted by Crippen LogP contribution is 2.35. The number of amides is 1. The van der Waals surface area contributed by atoms with Crippen molar-refractivity contribution in [1.82, 2.24) is 15.3 Å². The number of hydrogen-bond donors (Lipinski definition) is 3. The van der Waals surface area contributed by atoms with Crippen molar-refractivity contribution in [2.75, 3.05) is 13.2 Å². The SMILES string of the molecule is O=C(O)c1cnc(C(=O)NCC2(CO)CCCCC2)cn1. The molecule has 0 saturated heterocycles. The summed E-state index contributed by atoms with van der Waals surface area (Å²) >= 11 is 0. The van der Waals surface area contributed by atoms with Crippen LogP contribution in [0.5, 0.6) is 0 Å². The Hall–Kier alpha value is -2.02. The van der Waals surface area contributed by atoms with Crippen molar-refractivity contribution in [3.63, 3.8) is 0 Å². The zero-order valence-electron chi connectivity index (χ0n) is 11.7. The minimum absolute atomic E-state index is 0.0525. The first-order valence-corrected chi connectivity index (χ1v) is 7.01. The average molecular weight is 293 g/mol. The second-order valence-electron chi connectivity index (χ2n) is 5.49. The number of carboxylic acids is 1. The molecule has 1 saturated carbocycles. The third-order valence-electron chi connectivity index (χ3n) is 3.98. The van der Waals surface area contributed by atoms with Crippen LogP contribution in [0.3, 0.4) is 0 Å². The fourth-order valence-corrected chi connectivity index (χ4v) is 2.61. The molecule has 7 heteroatoms. The van der Waals surface area contributed by atoms with E-state index < -0.39 is 11.9 Å². The summed E-state index contributed by atoms with van der Waals surface area (Å²) in [5, 5.41) is 21.1. The Balaban J connectivity index is 1.96. The molecule has 0 bridgehead atoms. The van der Waals surface area contributed by atoms with Crippen LogP contribution in [0.25, 0.3) is 0 Å². The molecule has 1 aromatic heterocycles. The fraction of sp³-hybridized carbons (Fsp3) is 0.571. The Bertz CT molecular complexity index is 509. The number of carbonyl (C=O) groups excluding carboxylic acids is 1. The maximum Gasteiger partial charge on any atom is 0.356 e. The van der Waals surface area contributed by atoms with Gasteiger partial charge in [-0.05, 0) is 12.8 Å². The van der Waals surface area contributed by atoms with E-state index in [1.807, 2.05) is 0 Å². The van der Waals surface area contributed by atoms with Crippen LogP contribution in [0.2, 0.25) is 0 Å². The van der Waals surface area contributed by atoms with Gasteiger partial charge < -0.3 is 15.5 Å². The van der Waals surface area contributed by atoms with E-state index >= 15 is 0 Å². The lowest BCUT2D eigenvalue weighted by molar-refractivity contribution is 0.0685. The largest absolute Gasteiger partial charge is 0.476 e. The van der Waals surface area contributed by atoms with Crippen LogP contribution < -0.4 is 5.32 Å². The molecule has 1 amide bonds. The number of aliphatic hydroxyl groups excluding tert-OH is 1. The van der Waals surface area contributed by atoms with Gasteiger partial charge in [0.05, 0.1) is 19.0 Å². The lowest BCUT2D eigenvalue weighted by Crippen LogP contribution is -2.41. The summed E-state index contributed by atoms with van der Waals surface area (Å²) < 4.78 is 0. The Morgan fingerprint density at radius 2 is 1.76 bits per heavy atom. The molecule has 1 fully saturated rings. The second-order valence-corrected chi connectivity index (χ2v) is 5.49. The molecule has 1 aliphatic rings. The maximum atomic E-state index is 12.0. The second kappa shape index (κ2) is 6.62. The first-order chi connectivity index (χ1) is 10.1. The lowest BCUT2D eigenvalue weighted by atomic mass is 9.74. The van der Waals surface area contributed by atoms with E-state index in [0.717, 1.165) is 44.5 Å². The van der Waals surface area contributed by atoms with E-state index in [1.54, 1.807) is 0 Å². The highest BCUT2D eigenvalue weighted by molar-refractivity contribution is 5.92. The van der Waals surface area contributed by atoms with Crippen molar-refractivity contribution in [2.45, 2.75) is 32.1 Å². The molecule has 1 heterocycles. The Morgan fingerprint density at radius 3 is 2.29 bits per heavy atom.